The highest BCUT2D eigenvalue weighted by Crippen LogP contribution is 2.50. The lowest BCUT2D eigenvalue weighted by atomic mass is 9.83. The van der Waals surface area contributed by atoms with Crippen molar-refractivity contribution < 1.29 is 88.4 Å². The van der Waals surface area contributed by atoms with Crippen LogP contribution in [0.1, 0.15) is 211 Å². The first-order valence-electron chi connectivity index (χ1n) is 47.6. The summed E-state index contributed by atoms with van der Waals surface area (Å²) in [5.74, 6) is -2.04. The zero-order valence-electron chi connectivity index (χ0n) is 76.9. The summed E-state index contributed by atoms with van der Waals surface area (Å²) in [7, 11) is 1.35. The number of aryl methyl sites for hydroxylation is 1. The van der Waals surface area contributed by atoms with E-state index in [2.05, 4.69) is 107 Å². The summed E-state index contributed by atoms with van der Waals surface area (Å²) in [5.41, 5.74) is 20.5. The molecule has 24 nitrogen and oxygen atoms in total. The average molecular weight is 1890 g/mol. The number of carbonyl (C=O) groups is 8. The Hall–Kier alpha value is -13.1. The standard InChI is InChI=1S/C25H28N2O3.C23H24N2O3.C21H19F3N2O3.C21H22N2O2.C18H18F3N3O2/c28-23(18-5-1-2-6-18)26-21-11-9-19(10-12-21)24(29)27-15-13-25(14-16-27)22-8-4-3-7-20(22)17-30-25;26-21(16-5-6-16)24-19-9-7-17(8-10-19)22(27)25-13-11-23(12-14-25)20-4-2-1-3-18(20)15-28-23;22-21(23,24)19(28)25-16-7-5-14(6-8-16)18(27)26-11-9-20(10-12-26)17-4-2-1-3-15(17)13-29-20;22-18-8-5-16(6-9-18)7-10-20(24)23-13-11-21(12-14-23)19-4-2-1-3-17(19)15-25-21;1-23-14(10-15(22-23)18(19,20)21)16(25)24-8-6-17(7-9-24)13-5-3-2-4-12(13)11-26-17/h3-4,7-12,18H,1-2,5-6,13-17H2,(H,26,28);1-4,7-10,16H,5-6,11-15H2,(H,24,26);1-8H,9-13H2,(H,25,28);1-10H,11-15,22H2;2-5,10H,6-9,11H2,1H3/b;;;10-7+;. The van der Waals surface area contributed by atoms with E-state index >= 15 is 0 Å². The number of nitrogen functional groups attached to an aromatic ring is 1. The number of anilines is 4. The molecule has 0 radical (unpaired) electrons. The molecule has 1 aromatic heterocycles. The number of alkyl halides is 6. The number of amides is 8. The molecule has 2 saturated carbocycles. The zero-order chi connectivity index (χ0) is 96.1. The second-order valence-corrected chi connectivity index (χ2v) is 37.6. The number of rotatable bonds is 11. The van der Waals surface area contributed by atoms with Crippen LogP contribution < -0.4 is 21.7 Å². The Kier molecular flexibility index (Phi) is 27.7. The quantitative estimate of drug-likeness (QED) is 0.0532. The number of aromatic nitrogens is 2. The van der Waals surface area contributed by atoms with Crippen LogP contribution in [-0.4, -0.2) is 153 Å². The Balaban J connectivity index is 0.000000115. The van der Waals surface area contributed by atoms with E-state index in [1.165, 1.54) is 75.8 Å². The lowest BCUT2D eigenvalue weighted by molar-refractivity contribution is -0.167. The highest BCUT2D eigenvalue weighted by Gasteiger charge is 2.50. The van der Waals surface area contributed by atoms with Crippen LogP contribution in [-0.2, 0) is 117 Å². The minimum Gasteiger partial charge on any atom is -0.399 e. The number of hydrogen-bond acceptors (Lipinski definition) is 15. The monoisotopic (exact) mass is 1880 g/mol. The molecule has 138 heavy (non-hydrogen) atoms. The van der Waals surface area contributed by atoms with E-state index in [0.717, 1.165) is 135 Å². The highest BCUT2D eigenvalue weighted by molar-refractivity contribution is 6.00. The summed E-state index contributed by atoms with van der Waals surface area (Å²) in [6, 6.07) is 69.7. The summed E-state index contributed by atoms with van der Waals surface area (Å²) in [6.07, 6.45) is 7.79. The molecule has 8 amide bonds. The molecular formula is C108H111F6N11O13. The smallest absolute Gasteiger partial charge is 0.399 e. The second-order valence-electron chi connectivity index (χ2n) is 37.6. The summed E-state index contributed by atoms with van der Waals surface area (Å²) in [5, 5.41) is 11.1. The van der Waals surface area contributed by atoms with Gasteiger partial charge in [0.15, 0.2) is 5.69 Å². The fraction of sp³-hybridized carbons (Fsp3) is 0.380. The van der Waals surface area contributed by atoms with Gasteiger partial charge in [-0.3, -0.25) is 43.0 Å². The van der Waals surface area contributed by atoms with E-state index in [-0.39, 0.29) is 81.1 Å². The average Bonchev–Trinajstić information content (AvgIpc) is 1.62. The molecule has 718 valence electrons. The van der Waals surface area contributed by atoms with Gasteiger partial charge < -0.3 is 69.9 Å². The fourth-order valence-electron chi connectivity index (χ4n) is 21.1. The van der Waals surface area contributed by atoms with Crippen LogP contribution in [0.4, 0.5) is 49.1 Å². The number of ether oxygens (including phenoxy) is 5. The van der Waals surface area contributed by atoms with E-state index in [0.29, 0.717) is 128 Å². The lowest BCUT2D eigenvalue weighted by Crippen LogP contribution is -2.45. The molecule has 2 aliphatic carbocycles. The maximum atomic E-state index is 13.0. The third-order valence-electron chi connectivity index (χ3n) is 29.2. The van der Waals surface area contributed by atoms with Gasteiger partial charge in [-0.25, -0.2) is 0 Å². The number of benzene rings is 9. The number of likely N-dealkylation sites (tertiary alicyclic amines) is 5. The molecule has 30 heteroatoms. The Labute approximate surface area is 796 Å². The first-order chi connectivity index (χ1) is 66.5. The summed E-state index contributed by atoms with van der Waals surface area (Å²) < 4.78 is 107. The molecule has 7 fully saturated rings. The van der Waals surface area contributed by atoms with Gasteiger partial charge in [0.2, 0.25) is 17.7 Å². The van der Waals surface area contributed by atoms with Gasteiger partial charge in [-0.05, 0) is 242 Å². The van der Waals surface area contributed by atoms with Crippen molar-refractivity contribution in [1.82, 2.24) is 34.3 Å². The maximum absolute atomic E-state index is 13.0. The van der Waals surface area contributed by atoms with Crippen molar-refractivity contribution in [1.29, 1.82) is 0 Å². The Bertz CT molecular complexity index is 6180. The zero-order valence-corrected chi connectivity index (χ0v) is 76.9. The van der Waals surface area contributed by atoms with Crippen molar-refractivity contribution in [3.8, 4) is 0 Å². The number of halogens is 6. The van der Waals surface area contributed by atoms with Gasteiger partial charge in [0, 0.05) is 136 Å². The molecule has 10 aliphatic heterocycles. The molecule has 9 aromatic carbocycles. The van der Waals surface area contributed by atoms with Gasteiger partial charge in [-0.15, -0.1) is 0 Å². The van der Waals surface area contributed by atoms with E-state index in [9.17, 15) is 64.7 Å². The van der Waals surface area contributed by atoms with Crippen LogP contribution in [0, 0.1) is 11.8 Å². The van der Waals surface area contributed by atoms with E-state index in [4.69, 9.17) is 29.4 Å². The summed E-state index contributed by atoms with van der Waals surface area (Å²) in [6.45, 7) is 9.26. The molecule has 10 aromatic rings. The third-order valence-corrected chi connectivity index (χ3v) is 29.2. The minimum absolute atomic E-state index is 0.0163. The van der Waals surface area contributed by atoms with Gasteiger partial charge in [0.05, 0.1) is 61.0 Å². The van der Waals surface area contributed by atoms with Crippen LogP contribution in [0.2, 0.25) is 0 Å². The van der Waals surface area contributed by atoms with Crippen molar-refractivity contribution >= 4 is 76.1 Å². The predicted molar refractivity (Wildman–Crippen MR) is 505 cm³/mol. The fourth-order valence-corrected chi connectivity index (χ4v) is 21.1. The summed E-state index contributed by atoms with van der Waals surface area (Å²) in [4.78, 5) is 108. The molecule has 5 spiro atoms. The number of piperidine rings is 5. The summed E-state index contributed by atoms with van der Waals surface area (Å²) >= 11 is 0. The van der Waals surface area contributed by atoms with Crippen LogP contribution in [0.3, 0.4) is 0 Å². The van der Waals surface area contributed by atoms with Crippen molar-refractivity contribution in [2.24, 2.45) is 18.9 Å². The number of hydrogen-bond donors (Lipinski definition) is 4. The number of nitrogens with one attached hydrogen (secondary N) is 3. The molecule has 22 rings (SSSR count). The van der Waals surface area contributed by atoms with E-state index < -0.39 is 35.5 Å². The molecular weight excluding hydrogens is 1770 g/mol. The van der Waals surface area contributed by atoms with Crippen LogP contribution >= 0.6 is 0 Å². The van der Waals surface area contributed by atoms with Gasteiger partial charge >= 0.3 is 18.3 Å². The molecule has 0 unspecified atom stereocenters. The topological polar surface area (TPSA) is 279 Å². The first-order valence-corrected chi connectivity index (χ1v) is 47.6. The predicted octanol–water partition coefficient (Wildman–Crippen LogP) is 18.5. The number of nitrogens with zero attached hydrogens (tertiary/aromatic N) is 7. The number of fused-ring (bicyclic) bond motifs is 10. The van der Waals surface area contributed by atoms with Gasteiger partial charge in [0.1, 0.15) is 5.69 Å². The Morgan fingerprint density at radius 2 is 0.659 bits per heavy atom. The van der Waals surface area contributed by atoms with E-state index in [1.807, 2.05) is 112 Å². The van der Waals surface area contributed by atoms with Crippen LogP contribution in [0.25, 0.3) is 6.08 Å². The largest absolute Gasteiger partial charge is 0.471 e. The van der Waals surface area contributed by atoms with Crippen molar-refractivity contribution in [3.63, 3.8) is 0 Å². The molecule has 0 bridgehead atoms. The Morgan fingerprint density at radius 1 is 0.370 bits per heavy atom. The molecule has 5 saturated heterocycles. The third kappa shape index (κ3) is 20.7. The van der Waals surface area contributed by atoms with Crippen LogP contribution in [0.5, 0.6) is 0 Å². The lowest BCUT2D eigenvalue weighted by Gasteiger charge is -2.39. The van der Waals surface area contributed by atoms with Crippen molar-refractivity contribution in [2.75, 3.05) is 87.1 Å². The number of nitrogens with two attached hydrogens (primary N) is 1. The molecule has 12 aliphatic rings. The molecule has 11 heterocycles. The Morgan fingerprint density at radius 3 is 0.957 bits per heavy atom. The van der Waals surface area contributed by atoms with Gasteiger partial charge in [-0.2, -0.15) is 31.4 Å². The number of carbonyl (C=O) groups excluding carboxylic acids is 8. The van der Waals surface area contributed by atoms with Crippen LogP contribution in [0.15, 0.2) is 231 Å². The SMILES string of the molecule is Cn1nc(C(F)(F)F)cc1C(=O)N1CCC2(CC1)OCc1ccccc12.Nc1ccc(/C=C/C(=O)N2CCC3(CC2)OCc2ccccc23)cc1.O=C(Nc1ccc(C(=O)N2CCC3(CC2)OCc2ccccc23)cc1)C1CC1.O=C(Nc1ccc(C(=O)N2CCC3(CC2)OCc2ccccc23)cc1)C1CCCC1.O=C(c1ccc(NC(=O)C(F)(F)F)cc1)N1CCC2(CC1)OCc1ccccc12. The first kappa shape index (κ1) is 95.2. The maximum Gasteiger partial charge on any atom is 0.471 e. The normalized spacial score (nSPS) is 19.2. The molecule has 0 atom stereocenters. The highest BCUT2D eigenvalue weighted by atomic mass is 19.4. The van der Waals surface area contributed by atoms with E-state index in [1.54, 1.807) is 33.3 Å². The van der Waals surface area contributed by atoms with Gasteiger partial charge in [0.25, 0.3) is 23.6 Å². The van der Waals surface area contributed by atoms with Gasteiger partial charge in [-0.1, -0.05) is 146 Å². The van der Waals surface area contributed by atoms with Crippen molar-refractivity contribution in [3.05, 3.63) is 320 Å². The van der Waals surface area contributed by atoms with Crippen molar-refractivity contribution in [2.45, 2.75) is 176 Å². The second kappa shape index (κ2) is 40.1. The minimum atomic E-state index is -4.96. The molecule has 5 N–H and O–H groups in total.